The number of anilines is 1. The lowest BCUT2D eigenvalue weighted by molar-refractivity contribution is -0.145. The van der Waals surface area contributed by atoms with Crippen molar-refractivity contribution in [3.63, 3.8) is 0 Å². The van der Waals surface area contributed by atoms with Gasteiger partial charge in [0.15, 0.2) is 0 Å². The fraction of sp³-hybridized carbons (Fsp3) is 0.400. The third-order valence-corrected chi connectivity index (χ3v) is 2.64. The molecule has 0 bridgehead atoms. The van der Waals surface area contributed by atoms with Crippen molar-refractivity contribution in [2.45, 2.75) is 20.3 Å². The molecule has 0 atom stereocenters. The predicted molar refractivity (Wildman–Crippen MR) is 82.3 cm³/mol. The first-order valence-electron chi connectivity index (χ1n) is 7.24. The highest BCUT2D eigenvalue weighted by Crippen LogP contribution is 2.11. The molecule has 0 unspecified atom stereocenters. The van der Waals surface area contributed by atoms with E-state index in [0.29, 0.717) is 5.69 Å². The van der Waals surface area contributed by atoms with Crippen LogP contribution in [0.1, 0.15) is 26.0 Å². The van der Waals surface area contributed by atoms with Crippen molar-refractivity contribution in [2.24, 2.45) is 0 Å². The minimum atomic E-state index is -0.677. The fourth-order valence-corrected chi connectivity index (χ4v) is 1.68. The van der Waals surface area contributed by atoms with Crippen molar-refractivity contribution in [1.29, 1.82) is 5.26 Å². The molecule has 0 saturated heterocycles. The van der Waals surface area contributed by atoms with Crippen LogP contribution < -0.4 is 10.4 Å². The molecule has 1 heterocycles. The van der Waals surface area contributed by atoms with E-state index in [1.165, 1.54) is 23.3 Å². The molecule has 0 aliphatic carbocycles. The Morgan fingerprint density at radius 2 is 1.88 bits per heavy atom. The Kier molecular flexibility index (Phi) is 7.70. The van der Waals surface area contributed by atoms with Crippen LogP contribution in [-0.4, -0.2) is 42.6 Å². The van der Waals surface area contributed by atoms with Crippen LogP contribution in [0.15, 0.2) is 18.3 Å². The van der Waals surface area contributed by atoms with Gasteiger partial charge in [-0.1, -0.05) is 0 Å². The number of nitrogens with one attached hydrogen (secondary N) is 1. The molecule has 0 aliphatic rings. The van der Waals surface area contributed by atoms with Gasteiger partial charge >= 0.3 is 11.9 Å². The van der Waals surface area contributed by atoms with E-state index in [0.717, 1.165) is 0 Å². The van der Waals surface area contributed by atoms with Gasteiger partial charge in [-0.3, -0.25) is 24.8 Å². The standard InChI is InChI=1S/C15H18N4O5/c1-3-23-14(21)7-13(20)18-19(10-15(22)24-4-2)12-6-5-11(8-16)17-9-12/h5-6,9H,3-4,7,10H2,1-2H3,(H,18,20). The summed E-state index contributed by atoms with van der Waals surface area (Å²) in [4.78, 5) is 38.8. The number of pyridine rings is 1. The number of carbonyl (C=O) groups excluding carboxylic acids is 3. The first-order valence-corrected chi connectivity index (χ1v) is 7.24. The maximum absolute atomic E-state index is 11.9. The van der Waals surface area contributed by atoms with Crippen molar-refractivity contribution >= 4 is 23.5 Å². The maximum atomic E-state index is 11.9. The fourth-order valence-electron chi connectivity index (χ4n) is 1.68. The zero-order chi connectivity index (χ0) is 17.9. The Balaban J connectivity index is 2.84. The molecule has 0 aliphatic heterocycles. The molecule has 9 nitrogen and oxygen atoms in total. The number of hydrogen-bond acceptors (Lipinski definition) is 8. The molecular weight excluding hydrogens is 316 g/mol. The Morgan fingerprint density at radius 1 is 1.21 bits per heavy atom. The lowest BCUT2D eigenvalue weighted by Gasteiger charge is -2.23. The second-order valence-electron chi connectivity index (χ2n) is 4.42. The summed E-state index contributed by atoms with van der Waals surface area (Å²) in [6.45, 7) is 3.36. The number of carbonyl (C=O) groups is 3. The number of aromatic nitrogens is 1. The van der Waals surface area contributed by atoms with Gasteiger partial charge in [-0.15, -0.1) is 0 Å². The summed E-state index contributed by atoms with van der Waals surface area (Å²) >= 11 is 0. The lowest BCUT2D eigenvalue weighted by Crippen LogP contribution is -2.46. The van der Waals surface area contributed by atoms with Crippen molar-refractivity contribution in [1.82, 2.24) is 10.4 Å². The Morgan fingerprint density at radius 3 is 2.42 bits per heavy atom. The molecule has 0 radical (unpaired) electrons. The quantitative estimate of drug-likeness (QED) is 0.409. The van der Waals surface area contributed by atoms with Crippen LogP contribution in [0.25, 0.3) is 0 Å². The first kappa shape index (κ1) is 18.9. The van der Waals surface area contributed by atoms with E-state index in [1.807, 2.05) is 6.07 Å². The average Bonchev–Trinajstić information content (AvgIpc) is 2.54. The minimum absolute atomic E-state index is 0.165. The SMILES string of the molecule is CCOC(=O)CC(=O)NN(CC(=O)OCC)c1ccc(C#N)nc1. The summed E-state index contributed by atoms with van der Waals surface area (Å²) in [6, 6.07) is 4.81. The van der Waals surface area contributed by atoms with E-state index in [4.69, 9.17) is 14.7 Å². The smallest absolute Gasteiger partial charge is 0.327 e. The second-order valence-corrected chi connectivity index (χ2v) is 4.42. The van der Waals surface area contributed by atoms with E-state index >= 15 is 0 Å². The predicted octanol–water partition coefficient (Wildman–Crippen LogP) is 0.307. The molecule has 1 N–H and O–H groups in total. The number of rotatable bonds is 8. The van der Waals surface area contributed by atoms with Gasteiger partial charge in [-0.2, -0.15) is 5.26 Å². The Hall–Kier alpha value is -3.15. The largest absolute Gasteiger partial charge is 0.466 e. The number of nitriles is 1. The van der Waals surface area contributed by atoms with Gasteiger partial charge in [-0.05, 0) is 26.0 Å². The van der Waals surface area contributed by atoms with Crippen molar-refractivity contribution in [3.8, 4) is 6.07 Å². The highest BCUT2D eigenvalue weighted by atomic mass is 16.5. The molecule has 1 aromatic rings. The summed E-state index contributed by atoms with van der Waals surface area (Å²) in [6.07, 6.45) is 0.833. The van der Waals surface area contributed by atoms with Gasteiger partial charge in [0.05, 0.1) is 25.1 Å². The topological polar surface area (TPSA) is 122 Å². The molecule has 1 aromatic heterocycles. The molecule has 0 spiro atoms. The Bertz CT molecular complexity index is 624. The van der Waals surface area contributed by atoms with E-state index in [2.05, 4.69) is 10.4 Å². The number of nitrogens with zero attached hydrogens (tertiary/aromatic N) is 3. The van der Waals surface area contributed by atoms with E-state index < -0.39 is 24.3 Å². The van der Waals surface area contributed by atoms with Crippen LogP contribution in [0.5, 0.6) is 0 Å². The number of ether oxygens (including phenoxy) is 2. The molecule has 9 heteroatoms. The maximum Gasteiger partial charge on any atom is 0.327 e. The van der Waals surface area contributed by atoms with Gasteiger partial charge in [0, 0.05) is 0 Å². The van der Waals surface area contributed by atoms with Crippen molar-refractivity contribution < 1.29 is 23.9 Å². The summed E-state index contributed by atoms with van der Waals surface area (Å²) < 4.78 is 9.54. The van der Waals surface area contributed by atoms with Gasteiger partial charge in [0.1, 0.15) is 24.7 Å². The van der Waals surface area contributed by atoms with Gasteiger partial charge < -0.3 is 9.47 Å². The third kappa shape index (κ3) is 6.31. The van der Waals surface area contributed by atoms with Gasteiger partial charge in [-0.25, -0.2) is 4.98 Å². The summed E-state index contributed by atoms with van der Waals surface area (Å²) in [5, 5.41) is 9.94. The van der Waals surface area contributed by atoms with E-state index in [-0.39, 0.29) is 25.5 Å². The average molecular weight is 334 g/mol. The summed E-state index contributed by atoms with van der Waals surface area (Å²) in [7, 11) is 0. The number of amides is 1. The van der Waals surface area contributed by atoms with E-state index in [9.17, 15) is 14.4 Å². The van der Waals surface area contributed by atoms with Crippen molar-refractivity contribution in [3.05, 3.63) is 24.0 Å². The summed E-state index contributed by atoms with van der Waals surface area (Å²) in [5.74, 6) is -1.90. The third-order valence-electron chi connectivity index (χ3n) is 2.64. The molecule has 0 fully saturated rings. The van der Waals surface area contributed by atoms with Crippen LogP contribution in [0.3, 0.4) is 0 Å². The Labute approximate surface area is 139 Å². The highest BCUT2D eigenvalue weighted by Gasteiger charge is 2.18. The summed E-state index contributed by atoms with van der Waals surface area (Å²) in [5.41, 5.74) is 2.97. The molecular formula is C15H18N4O5. The number of hydrogen-bond donors (Lipinski definition) is 1. The van der Waals surface area contributed by atoms with Gasteiger partial charge in [0.25, 0.3) is 0 Å². The molecule has 24 heavy (non-hydrogen) atoms. The molecule has 1 rings (SSSR count). The van der Waals surface area contributed by atoms with Gasteiger partial charge in [0.2, 0.25) is 5.91 Å². The molecule has 0 saturated carbocycles. The number of esters is 2. The minimum Gasteiger partial charge on any atom is -0.466 e. The molecule has 1 amide bonds. The van der Waals surface area contributed by atoms with Crippen LogP contribution in [0.2, 0.25) is 0 Å². The monoisotopic (exact) mass is 334 g/mol. The second kappa shape index (κ2) is 9.78. The molecule has 128 valence electrons. The zero-order valence-corrected chi connectivity index (χ0v) is 13.4. The normalized spacial score (nSPS) is 9.54. The number of hydrazine groups is 1. The van der Waals surface area contributed by atoms with Crippen LogP contribution in [-0.2, 0) is 23.9 Å². The van der Waals surface area contributed by atoms with Crippen LogP contribution in [0.4, 0.5) is 5.69 Å². The molecule has 0 aromatic carbocycles. The van der Waals surface area contributed by atoms with Crippen molar-refractivity contribution in [2.75, 3.05) is 24.8 Å². The lowest BCUT2D eigenvalue weighted by atomic mass is 10.3. The van der Waals surface area contributed by atoms with Crippen LogP contribution in [0, 0.1) is 11.3 Å². The van der Waals surface area contributed by atoms with Crippen LogP contribution >= 0.6 is 0 Å². The first-order chi connectivity index (χ1) is 11.5. The highest BCUT2D eigenvalue weighted by molar-refractivity contribution is 5.95. The zero-order valence-electron chi connectivity index (χ0n) is 13.4. The van der Waals surface area contributed by atoms with E-state index in [1.54, 1.807) is 13.8 Å².